The molecule has 4 rings (SSSR count). The molecule has 0 radical (unpaired) electrons. The van der Waals surface area contributed by atoms with Crippen LogP contribution in [0, 0.1) is 11.6 Å². The summed E-state index contributed by atoms with van der Waals surface area (Å²) in [5, 5.41) is 11.9. The zero-order chi connectivity index (χ0) is 24.2. The van der Waals surface area contributed by atoms with Gasteiger partial charge in [0.25, 0.3) is 11.5 Å². The number of hydrogen-bond acceptors (Lipinski definition) is 6. The lowest BCUT2D eigenvalue weighted by molar-refractivity contribution is 0.102. The van der Waals surface area contributed by atoms with Gasteiger partial charge in [-0.2, -0.15) is 0 Å². The Bertz CT molecular complexity index is 1420. The summed E-state index contributed by atoms with van der Waals surface area (Å²) in [5.74, 6) is -1.99. The number of aliphatic hydroxyl groups is 1. The van der Waals surface area contributed by atoms with Crippen molar-refractivity contribution in [1.29, 1.82) is 0 Å². The average Bonchev–Trinajstić information content (AvgIpc) is 2.82. The Morgan fingerprint density at radius 1 is 1.09 bits per heavy atom. The number of nitrogens with one attached hydrogen (secondary N) is 1. The summed E-state index contributed by atoms with van der Waals surface area (Å²) in [5.41, 5.74) is 5.55. The lowest BCUT2D eigenvalue weighted by atomic mass is 10.2. The predicted octanol–water partition coefficient (Wildman–Crippen LogP) is 3.63. The van der Waals surface area contributed by atoms with Crippen LogP contribution in [0.5, 0.6) is 11.5 Å². The Hall–Kier alpha value is -4.57. The zero-order valence-corrected chi connectivity index (χ0v) is 17.5. The van der Waals surface area contributed by atoms with Crippen LogP contribution >= 0.6 is 0 Å². The Balaban J connectivity index is 1.55. The van der Waals surface area contributed by atoms with Crippen molar-refractivity contribution in [3.8, 4) is 17.2 Å². The largest absolute Gasteiger partial charge is 0.454 e. The fourth-order valence-corrected chi connectivity index (χ4v) is 3.19. The van der Waals surface area contributed by atoms with Crippen molar-refractivity contribution in [3.63, 3.8) is 0 Å². The highest BCUT2D eigenvalue weighted by molar-refractivity contribution is 6.04. The van der Waals surface area contributed by atoms with E-state index in [1.807, 2.05) is 0 Å². The number of aliphatic hydroxyl groups excluding tert-OH is 1. The summed E-state index contributed by atoms with van der Waals surface area (Å²) < 4.78 is 34.5. The van der Waals surface area contributed by atoms with Gasteiger partial charge in [-0.05, 0) is 54.6 Å². The molecule has 0 unspecified atom stereocenters. The summed E-state index contributed by atoms with van der Waals surface area (Å²) in [6, 6.07) is 13.2. The molecule has 0 aliphatic heterocycles. The van der Waals surface area contributed by atoms with Crippen molar-refractivity contribution in [1.82, 2.24) is 9.55 Å². The second-order valence-electron chi connectivity index (χ2n) is 7.11. The lowest BCUT2D eigenvalue weighted by Gasteiger charge is -2.13. The van der Waals surface area contributed by atoms with Crippen molar-refractivity contribution in [3.05, 3.63) is 106 Å². The first-order chi connectivity index (χ1) is 16.4. The predicted molar refractivity (Wildman–Crippen MR) is 121 cm³/mol. The third-order valence-corrected chi connectivity index (χ3v) is 4.91. The standard InChI is InChI=1S/C24H18F2N4O4/c25-14-3-6-16(7-4-14)30-11-1-2-17(24(30)33)23(32)29-15-5-8-21(19(26)12-15)34-20-9-10-28-22(27)18(20)13-31/h1-12,31H,13H2,(H2,27,28)(H,29,32). The van der Waals surface area contributed by atoms with Crippen molar-refractivity contribution < 1.29 is 23.4 Å². The van der Waals surface area contributed by atoms with Gasteiger partial charge in [0.1, 0.15) is 22.9 Å². The fraction of sp³-hybridized carbons (Fsp3) is 0.0417. The first-order valence-electron chi connectivity index (χ1n) is 9.98. The molecule has 2 heterocycles. The van der Waals surface area contributed by atoms with Crippen molar-refractivity contribution in [2.45, 2.75) is 6.61 Å². The first-order valence-corrected chi connectivity index (χ1v) is 9.98. The number of aromatic nitrogens is 2. The van der Waals surface area contributed by atoms with Gasteiger partial charge >= 0.3 is 0 Å². The SMILES string of the molecule is Nc1nccc(Oc2ccc(NC(=O)c3cccn(-c4ccc(F)cc4)c3=O)cc2F)c1CO. The molecule has 0 aliphatic rings. The van der Waals surface area contributed by atoms with Gasteiger partial charge in [0.2, 0.25) is 0 Å². The molecule has 4 N–H and O–H groups in total. The number of ether oxygens (including phenoxy) is 1. The molecular formula is C24H18F2N4O4. The number of rotatable bonds is 6. The highest BCUT2D eigenvalue weighted by Gasteiger charge is 2.16. The van der Waals surface area contributed by atoms with Crippen LogP contribution in [0.15, 0.2) is 77.9 Å². The van der Waals surface area contributed by atoms with Crippen LogP contribution in [0.1, 0.15) is 15.9 Å². The van der Waals surface area contributed by atoms with Crippen molar-refractivity contribution >= 4 is 17.4 Å². The van der Waals surface area contributed by atoms with Crippen LogP contribution in [-0.2, 0) is 6.61 Å². The Morgan fingerprint density at radius 2 is 1.85 bits per heavy atom. The number of carbonyl (C=O) groups excluding carboxylic acids is 1. The minimum atomic E-state index is -0.797. The zero-order valence-electron chi connectivity index (χ0n) is 17.5. The normalized spacial score (nSPS) is 10.7. The number of halogens is 2. The minimum absolute atomic E-state index is 0.0541. The molecule has 0 spiro atoms. The Labute approximate surface area is 191 Å². The number of benzene rings is 2. The van der Waals surface area contributed by atoms with Gasteiger partial charge in [0.05, 0.1) is 12.2 Å². The Morgan fingerprint density at radius 3 is 2.56 bits per heavy atom. The van der Waals surface area contributed by atoms with Gasteiger partial charge in [0, 0.05) is 29.8 Å². The number of anilines is 2. The van der Waals surface area contributed by atoms with E-state index in [9.17, 15) is 23.5 Å². The minimum Gasteiger partial charge on any atom is -0.454 e. The van der Waals surface area contributed by atoms with E-state index in [1.165, 1.54) is 71.6 Å². The monoisotopic (exact) mass is 464 g/mol. The van der Waals surface area contributed by atoms with Crippen LogP contribution in [0.3, 0.4) is 0 Å². The van der Waals surface area contributed by atoms with E-state index in [0.717, 1.165) is 6.07 Å². The maximum atomic E-state index is 14.6. The van der Waals surface area contributed by atoms with Crippen LogP contribution < -0.4 is 21.3 Å². The van der Waals surface area contributed by atoms with Crippen molar-refractivity contribution in [2.24, 2.45) is 0 Å². The number of nitrogens with two attached hydrogens (primary N) is 1. The highest BCUT2D eigenvalue weighted by atomic mass is 19.1. The molecule has 2 aromatic carbocycles. The molecule has 0 saturated carbocycles. The van der Waals surface area contributed by atoms with E-state index in [1.54, 1.807) is 0 Å². The van der Waals surface area contributed by atoms with E-state index < -0.39 is 29.7 Å². The maximum absolute atomic E-state index is 14.6. The number of hydrogen-bond donors (Lipinski definition) is 3. The highest BCUT2D eigenvalue weighted by Crippen LogP contribution is 2.31. The second-order valence-corrected chi connectivity index (χ2v) is 7.11. The third-order valence-electron chi connectivity index (χ3n) is 4.91. The van der Waals surface area contributed by atoms with Gasteiger partial charge in [-0.25, -0.2) is 13.8 Å². The van der Waals surface area contributed by atoms with Crippen LogP contribution in [0.25, 0.3) is 5.69 Å². The molecular weight excluding hydrogens is 446 g/mol. The summed E-state index contributed by atoms with van der Waals surface area (Å²) in [6.45, 7) is -0.447. The van der Waals surface area contributed by atoms with Gasteiger partial charge in [-0.3, -0.25) is 14.2 Å². The molecule has 2 aromatic heterocycles. The third kappa shape index (κ3) is 4.62. The maximum Gasteiger partial charge on any atom is 0.267 e. The van der Waals surface area contributed by atoms with E-state index >= 15 is 0 Å². The molecule has 172 valence electrons. The molecule has 0 saturated heterocycles. The quantitative estimate of drug-likeness (QED) is 0.401. The summed E-state index contributed by atoms with van der Waals surface area (Å²) >= 11 is 0. The summed E-state index contributed by atoms with van der Waals surface area (Å²) in [4.78, 5) is 29.3. The van der Waals surface area contributed by atoms with Crippen LogP contribution in [0.4, 0.5) is 20.3 Å². The summed E-state index contributed by atoms with van der Waals surface area (Å²) in [6.07, 6.45) is 2.81. The molecule has 0 fully saturated rings. The molecule has 1 amide bonds. The number of pyridine rings is 2. The van der Waals surface area contributed by atoms with E-state index in [-0.39, 0.29) is 34.1 Å². The summed E-state index contributed by atoms with van der Waals surface area (Å²) in [7, 11) is 0. The van der Waals surface area contributed by atoms with Crippen molar-refractivity contribution in [2.75, 3.05) is 11.1 Å². The first kappa shape index (κ1) is 22.6. The lowest BCUT2D eigenvalue weighted by Crippen LogP contribution is -2.27. The molecule has 8 nitrogen and oxygen atoms in total. The van der Waals surface area contributed by atoms with E-state index in [0.29, 0.717) is 5.69 Å². The topological polar surface area (TPSA) is 119 Å². The van der Waals surface area contributed by atoms with E-state index in [2.05, 4.69) is 10.3 Å². The average molecular weight is 464 g/mol. The molecule has 0 bridgehead atoms. The van der Waals surface area contributed by atoms with Gasteiger partial charge < -0.3 is 20.9 Å². The van der Waals surface area contributed by atoms with Gasteiger partial charge in [-0.1, -0.05) is 0 Å². The second kappa shape index (κ2) is 9.51. The smallest absolute Gasteiger partial charge is 0.267 e. The number of amides is 1. The molecule has 10 heteroatoms. The van der Waals surface area contributed by atoms with Gasteiger partial charge in [0.15, 0.2) is 11.6 Å². The number of nitrogen functional groups attached to an aromatic ring is 1. The molecule has 0 aliphatic carbocycles. The fourth-order valence-electron chi connectivity index (χ4n) is 3.19. The van der Waals surface area contributed by atoms with Crippen LogP contribution in [0.2, 0.25) is 0 Å². The molecule has 4 aromatic rings. The number of carbonyl (C=O) groups is 1. The number of nitrogens with zero attached hydrogens (tertiary/aromatic N) is 2. The van der Waals surface area contributed by atoms with E-state index in [4.69, 9.17) is 10.5 Å². The molecule has 34 heavy (non-hydrogen) atoms. The molecule has 0 atom stereocenters. The van der Waals surface area contributed by atoms with Crippen LogP contribution in [-0.4, -0.2) is 20.6 Å². The van der Waals surface area contributed by atoms with Gasteiger partial charge in [-0.15, -0.1) is 0 Å². The Kier molecular flexibility index (Phi) is 6.33.